The van der Waals surface area contributed by atoms with Gasteiger partial charge in [-0.1, -0.05) is 212 Å². The Labute approximate surface area is 621 Å². The van der Waals surface area contributed by atoms with Crippen LogP contribution in [0, 0.1) is 13.8 Å². The number of nitrogens with zero attached hydrogens (tertiary/aromatic N) is 7. The molecule has 0 aliphatic rings. The molecule has 0 bridgehead atoms. The summed E-state index contributed by atoms with van der Waals surface area (Å²) in [6, 6.07) is 133. The number of benzene rings is 16. The van der Waals surface area contributed by atoms with Crippen molar-refractivity contribution in [2.45, 2.75) is 20.3 Å². The highest BCUT2D eigenvalue weighted by molar-refractivity contribution is 6.29. The largest absolute Gasteiger partial charge is 0.309 e. The maximum absolute atomic E-state index is 2.58. The summed E-state index contributed by atoms with van der Waals surface area (Å²) in [5.74, 6) is 0. The van der Waals surface area contributed by atoms with Crippen LogP contribution in [-0.4, -0.2) is 31.8 Å². The number of aromatic nitrogens is 7. The van der Waals surface area contributed by atoms with Gasteiger partial charge in [-0.05, 0) is 205 Å². The van der Waals surface area contributed by atoms with Crippen molar-refractivity contribution in [1.29, 1.82) is 0 Å². The van der Waals surface area contributed by atoms with Crippen LogP contribution in [0.15, 0.2) is 358 Å². The predicted octanol–water partition coefficient (Wildman–Crippen LogP) is 26.1. The summed E-state index contributed by atoms with van der Waals surface area (Å²) in [6.07, 6.45) is 0.705. The maximum Gasteiger partial charge on any atom is 0.123 e. The SMILES string of the molecule is Cc1cccc(-n2c3cc(-c4ccc5c6ccccc6n(-c6ccc7c(c6)c6ccccc6n7-c6ccccc6-c6ccccc6C)c5c4)ccc3n3c4c(cc23)c(Cc2cccc(-n3c5ccccc5c5c6c7ccccc7n(-c7ccccc7)c6ccc53)c2)cc2c3ccccc3n(-c3ccccc3)c24)c1. The third kappa shape index (κ3) is 8.72. The first-order valence-corrected chi connectivity index (χ1v) is 37.4. The number of rotatable bonds is 10. The van der Waals surface area contributed by atoms with Crippen molar-refractivity contribution in [1.82, 2.24) is 31.8 Å². The van der Waals surface area contributed by atoms with Crippen LogP contribution < -0.4 is 0 Å². The van der Waals surface area contributed by atoms with Crippen molar-refractivity contribution in [3.8, 4) is 56.4 Å². The van der Waals surface area contributed by atoms with E-state index in [-0.39, 0.29) is 0 Å². The van der Waals surface area contributed by atoms with Crippen LogP contribution in [0.3, 0.4) is 0 Å². The Hall–Kier alpha value is -14.1. The lowest BCUT2D eigenvalue weighted by atomic mass is 9.98. The van der Waals surface area contributed by atoms with Crippen molar-refractivity contribution in [3.05, 3.63) is 380 Å². The van der Waals surface area contributed by atoms with Gasteiger partial charge in [0, 0.05) is 93.2 Å². The van der Waals surface area contributed by atoms with Crippen LogP contribution in [0.5, 0.6) is 0 Å². The molecule has 0 saturated heterocycles. The summed E-state index contributed by atoms with van der Waals surface area (Å²) >= 11 is 0. The molecular formula is C101H67N7. The number of fused-ring (bicyclic) bond motifs is 22. The summed E-state index contributed by atoms with van der Waals surface area (Å²) in [7, 11) is 0. The molecule has 0 aliphatic heterocycles. The quantitative estimate of drug-likeness (QED) is 0.131. The molecule has 7 nitrogen and oxygen atoms in total. The second-order valence-corrected chi connectivity index (χ2v) is 29.3. The van der Waals surface area contributed by atoms with Gasteiger partial charge in [0.05, 0.1) is 77.4 Å². The summed E-state index contributed by atoms with van der Waals surface area (Å²) in [5.41, 5.74) is 32.8. The molecule has 0 N–H and O–H groups in total. The van der Waals surface area contributed by atoms with E-state index in [0.29, 0.717) is 6.42 Å². The highest BCUT2D eigenvalue weighted by Crippen LogP contribution is 2.48. The Morgan fingerprint density at radius 1 is 0.231 bits per heavy atom. The number of hydrogen-bond donors (Lipinski definition) is 0. The molecule has 16 aromatic carbocycles. The van der Waals surface area contributed by atoms with E-state index in [1.165, 1.54) is 148 Å². The van der Waals surface area contributed by atoms with Crippen molar-refractivity contribution in [2.24, 2.45) is 0 Å². The number of para-hydroxylation sites is 8. The van der Waals surface area contributed by atoms with Crippen molar-refractivity contribution < 1.29 is 0 Å². The topological polar surface area (TPSA) is 34.0 Å². The summed E-state index contributed by atoms with van der Waals surface area (Å²) in [6.45, 7) is 4.42. The molecule has 7 heteroatoms. The highest BCUT2D eigenvalue weighted by Gasteiger charge is 2.28. The Bertz CT molecular complexity index is 7730. The second kappa shape index (κ2) is 23.2. The van der Waals surface area contributed by atoms with Crippen LogP contribution in [-0.2, 0) is 6.42 Å². The van der Waals surface area contributed by atoms with Gasteiger partial charge in [0.1, 0.15) is 5.65 Å². The molecule has 23 aromatic rings. The molecule has 0 aliphatic carbocycles. The van der Waals surface area contributed by atoms with Crippen LogP contribution in [0.1, 0.15) is 22.3 Å². The van der Waals surface area contributed by atoms with E-state index in [1.807, 2.05) is 0 Å². The minimum Gasteiger partial charge on any atom is -0.309 e. The molecule has 0 saturated carbocycles. The smallest absolute Gasteiger partial charge is 0.123 e. The van der Waals surface area contributed by atoms with Gasteiger partial charge in [0.15, 0.2) is 0 Å². The lowest BCUT2D eigenvalue weighted by molar-refractivity contribution is 1.14. The Morgan fingerprint density at radius 3 is 1.39 bits per heavy atom. The van der Waals surface area contributed by atoms with E-state index in [9.17, 15) is 0 Å². The van der Waals surface area contributed by atoms with Gasteiger partial charge in [-0.25, -0.2) is 0 Å². The molecule has 0 atom stereocenters. The van der Waals surface area contributed by atoms with Gasteiger partial charge in [0.2, 0.25) is 0 Å². The van der Waals surface area contributed by atoms with Gasteiger partial charge in [-0.2, -0.15) is 0 Å². The summed E-state index contributed by atoms with van der Waals surface area (Å²) in [5, 5.41) is 13.5. The van der Waals surface area contributed by atoms with Gasteiger partial charge in [0.25, 0.3) is 0 Å². The molecular weight excluding hydrogens is 1310 g/mol. The van der Waals surface area contributed by atoms with E-state index < -0.39 is 0 Å². The predicted molar refractivity (Wildman–Crippen MR) is 453 cm³/mol. The van der Waals surface area contributed by atoms with Gasteiger partial charge < -0.3 is 22.8 Å². The molecule has 0 radical (unpaired) electrons. The number of hydrogen-bond acceptors (Lipinski definition) is 0. The standard InChI is InChI=1S/C101H67N7/c1-63-25-23-32-71(55-63)105-96-60-67(66-47-50-79-76-36-12-17-41-85(76)104(95(79)59-66)73-49-52-91-83(61-73)77-37-13-20-44-88(77)107(91)87-43-19-11-35-75(87)74-34-10-9-26-64(74)2)48-51-92(96)108-97(105)62-82-68(58-84-78-38-14-18-42-86(78)106(101(84)100(82)108)70-30-7-4-8-31-70)56-65-27-24-33-72(57-65)103-90-46-22-16-40-81(90)99-94(103)54-53-93-98(99)80-39-15-21-45-89(80)102(93)69-28-5-3-6-29-69/h3-55,57-62H,56H2,1-2H3. The maximum atomic E-state index is 2.58. The molecule has 23 rings (SSSR count). The Kier molecular flexibility index (Phi) is 12.9. The normalized spacial score (nSPS) is 12.2. The third-order valence-electron chi connectivity index (χ3n) is 23.3. The summed E-state index contributed by atoms with van der Waals surface area (Å²) in [4.78, 5) is 0. The zero-order valence-corrected chi connectivity index (χ0v) is 59.4. The molecule has 7 aromatic heterocycles. The van der Waals surface area contributed by atoms with E-state index >= 15 is 0 Å². The van der Waals surface area contributed by atoms with Gasteiger partial charge >= 0.3 is 0 Å². The zero-order valence-electron chi connectivity index (χ0n) is 59.4. The first kappa shape index (κ1) is 60.3. The monoisotopic (exact) mass is 1380 g/mol. The van der Waals surface area contributed by atoms with E-state index in [4.69, 9.17) is 0 Å². The van der Waals surface area contributed by atoms with Crippen LogP contribution in [0.2, 0.25) is 0 Å². The minimum atomic E-state index is 0.705. The van der Waals surface area contributed by atoms with E-state index in [0.717, 1.165) is 67.4 Å². The Morgan fingerprint density at radius 2 is 0.704 bits per heavy atom. The first-order chi connectivity index (χ1) is 53.4. The third-order valence-corrected chi connectivity index (χ3v) is 23.3. The Balaban J connectivity index is 0.717. The number of imidazole rings is 1. The molecule has 7 heterocycles. The molecule has 0 unspecified atom stereocenters. The fourth-order valence-electron chi connectivity index (χ4n) is 18.7. The van der Waals surface area contributed by atoms with Crippen molar-refractivity contribution in [3.63, 3.8) is 0 Å². The lowest BCUT2D eigenvalue weighted by Crippen LogP contribution is -1.98. The number of aryl methyl sites for hydroxylation is 2. The van der Waals surface area contributed by atoms with Crippen LogP contribution >= 0.6 is 0 Å². The molecule has 0 fully saturated rings. The second-order valence-electron chi connectivity index (χ2n) is 29.3. The van der Waals surface area contributed by atoms with E-state index in [2.05, 4.69) is 404 Å². The zero-order chi connectivity index (χ0) is 71.0. The minimum absolute atomic E-state index is 0.705. The molecule has 506 valence electrons. The van der Waals surface area contributed by atoms with Crippen molar-refractivity contribution in [2.75, 3.05) is 0 Å². The van der Waals surface area contributed by atoms with Crippen LogP contribution in [0.4, 0.5) is 0 Å². The average molecular weight is 1380 g/mol. The van der Waals surface area contributed by atoms with Crippen LogP contribution in [0.25, 0.3) is 193 Å². The van der Waals surface area contributed by atoms with Crippen molar-refractivity contribution >= 4 is 137 Å². The molecule has 0 spiro atoms. The first-order valence-electron chi connectivity index (χ1n) is 37.4. The molecule has 108 heavy (non-hydrogen) atoms. The average Bonchev–Trinajstić information content (AvgIpc) is 1.53. The van der Waals surface area contributed by atoms with E-state index in [1.54, 1.807) is 0 Å². The fraction of sp³-hybridized carbons (Fsp3) is 0.0297. The molecule has 0 amide bonds. The fourth-order valence-corrected chi connectivity index (χ4v) is 18.7. The van der Waals surface area contributed by atoms with Gasteiger partial charge in [-0.15, -0.1) is 0 Å². The van der Waals surface area contributed by atoms with Gasteiger partial charge in [-0.3, -0.25) is 8.97 Å². The highest BCUT2D eigenvalue weighted by atomic mass is 15.1. The summed E-state index contributed by atoms with van der Waals surface area (Å²) < 4.78 is 17.5. The lowest BCUT2D eigenvalue weighted by Gasteiger charge is -2.15.